The normalized spacial score (nSPS) is 12.7. The van der Waals surface area contributed by atoms with E-state index < -0.39 is 5.97 Å². The summed E-state index contributed by atoms with van der Waals surface area (Å²) in [5.41, 5.74) is 4.53. The lowest BCUT2D eigenvalue weighted by Crippen LogP contribution is -2.14. The van der Waals surface area contributed by atoms with Gasteiger partial charge in [0.15, 0.2) is 6.61 Å². The van der Waals surface area contributed by atoms with Crippen LogP contribution in [0.2, 0.25) is 0 Å². The zero-order chi connectivity index (χ0) is 20.5. The van der Waals surface area contributed by atoms with Gasteiger partial charge in [0.2, 0.25) is 5.78 Å². The predicted octanol–water partition coefficient (Wildman–Crippen LogP) is 4.69. The number of fused-ring (bicyclic) bond motifs is 1. The van der Waals surface area contributed by atoms with Crippen molar-refractivity contribution in [3.05, 3.63) is 68.7 Å². The van der Waals surface area contributed by atoms with Crippen LogP contribution in [0.4, 0.5) is 0 Å². The van der Waals surface area contributed by atoms with Gasteiger partial charge in [-0.15, -0.1) is 11.3 Å². The molecule has 0 atom stereocenters. The van der Waals surface area contributed by atoms with E-state index in [1.807, 2.05) is 54.8 Å². The molecule has 0 amide bonds. The van der Waals surface area contributed by atoms with Crippen molar-refractivity contribution in [3.8, 4) is 11.4 Å². The standard InChI is InChI=1S/C23H23NO4S/c1-14-11-19(15(2)24(14)17-7-9-18(27-3)10-8-17)20(25)13-28-23(26)22-12-16-5-4-6-21(16)29-22/h7-12H,4-6,13H2,1-3H3. The van der Waals surface area contributed by atoms with E-state index >= 15 is 0 Å². The molecule has 0 saturated carbocycles. The van der Waals surface area contributed by atoms with E-state index in [1.165, 1.54) is 21.8 Å². The minimum atomic E-state index is -0.415. The summed E-state index contributed by atoms with van der Waals surface area (Å²) in [5.74, 6) is 0.163. The van der Waals surface area contributed by atoms with Gasteiger partial charge in [-0.2, -0.15) is 0 Å². The van der Waals surface area contributed by atoms with Gasteiger partial charge in [-0.05, 0) is 75.1 Å². The lowest BCUT2D eigenvalue weighted by atomic mass is 10.1. The number of esters is 1. The van der Waals surface area contributed by atoms with Crippen LogP contribution in [0, 0.1) is 13.8 Å². The van der Waals surface area contributed by atoms with Gasteiger partial charge in [-0.25, -0.2) is 4.79 Å². The van der Waals surface area contributed by atoms with E-state index in [4.69, 9.17) is 9.47 Å². The van der Waals surface area contributed by atoms with Gasteiger partial charge >= 0.3 is 5.97 Å². The molecule has 3 aromatic rings. The number of rotatable bonds is 6. The number of ketones is 1. The van der Waals surface area contributed by atoms with Crippen molar-refractivity contribution < 1.29 is 19.1 Å². The Morgan fingerprint density at radius 3 is 2.55 bits per heavy atom. The van der Waals surface area contributed by atoms with Crippen molar-refractivity contribution >= 4 is 23.1 Å². The van der Waals surface area contributed by atoms with Crippen LogP contribution in [0.25, 0.3) is 5.69 Å². The average Bonchev–Trinajstić information content (AvgIpc) is 3.40. The van der Waals surface area contributed by atoms with Crippen LogP contribution in [0.15, 0.2) is 36.4 Å². The van der Waals surface area contributed by atoms with Crippen LogP contribution < -0.4 is 4.74 Å². The Balaban J connectivity index is 1.47. The maximum atomic E-state index is 12.7. The molecule has 5 nitrogen and oxygen atoms in total. The molecule has 0 radical (unpaired) electrons. The number of carbonyl (C=O) groups is 2. The Hall–Kier alpha value is -2.86. The van der Waals surface area contributed by atoms with Gasteiger partial charge in [-0.3, -0.25) is 4.79 Å². The molecular weight excluding hydrogens is 386 g/mol. The summed E-state index contributed by atoms with van der Waals surface area (Å²) in [4.78, 5) is 26.9. The van der Waals surface area contributed by atoms with Crippen LogP contribution in [-0.4, -0.2) is 30.0 Å². The molecule has 150 valence electrons. The first-order valence-electron chi connectivity index (χ1n) is 9.63. The highest BCUT2D eigenvalue weighted by molar-refractivity contribution is 7.14. The van der Waals surface area contributed by atoms with Crippen LogP contribution in [0.5, 0.6) is 5.75 Å². The highest BCUT2D eigenvalue weighted by atomic mass is 32.1. The third kappa shape index (κ3) is 3.72. The number of aryl methyl sites for hydroxylation is 3. The Bertz CT molecular complexity index is 1050. The van der Waals surface area contributed by atoms with E-state index in [1.54, 1.807) is 7.11 Å². The number of methoxy groups -OCH3 is 1. The van der Waals surface area contributed by atoms with Crippen molar-refractivity contribution in [2.45, 2.75) is 33.1 Å². The van der Waals surface area contributed by atoms with E-state index in [0.29, 0.717) is 10.4 Å². The minimum Gasteiger partial charge on any atom is -0.497 e. The van der Waals surface area contributed by atoms with E-state index in [2.05, 4.69) is 0 Å². The number of carbonyl (C=O) groups excluding carboxylic acids is 2. The topological polar surface area (TPSA) is 57.5 Å². The summed E-state index contributed by atoms with van der Waals surface area (Å²) < 4.78 is 12.5. The Morgan fingerprint density at radius 1 is 1.10 bits per heavy atom. The van der Waals surface area contributed by atoms with Crippen LogP contribution in [0.3, 0.4) is 0 Å². The van der Waals surface area contributed by atoms with Crippen molar-refractivity contribution in [2.75, 3.05) is 13.7 Å². The number of Topliss-reactive ketones (excluding diaryl/α,β-unsaturated/α-hetero) is 1. The molecular formula is C23H23NO4S. The third-order valence-corrected chi connectivity index (χ3v) is 6.56. The molecule has 2 aromatic heterocycles. The number of nitrogens with zero attached hydrogens (tertiary/aromatic N) is 1. The van der Waals surface area contributed by atoms with Crippen LogP contribution in [0.1, 0.15) is 48.3 Å². The Labute approximate surface area is 173 Å². The lowest BCUT2D eigenvalue weighted by molar-refractivity contribution is 0.0479. The first kappa shape index (κ1) is 19.5. The molecule has 0 unspecified atom stereocenters. The molecule has 1 aliphatic rings. The number of hydrogen-bond donors (Lipinski definition) is 0. The Morgan fingerprint density at radius 2 is 1.86 bits per heavy atom. The van der Waals surface area contributed by atoms with Crippen molar-refractivity contribution in [3.63, 3.8) is 0 Å². The molecule has 6 heteroatoms. The smallest absolute Gasteiger partial charge is 0.348 e. The highest BCUT2D eigenvalue weighted by Gasteiger charge is 2.22. The molecule has 2 heterocycles. The van der Waals surface area contributed by atoms with Crippen molar-refractivity contribution in [1.82, 2.24) is 4.57 Å². The summed E-state index contributed by atoms with van der Waals surface area (Å²) in [6, 6.07) is 11.4. The van der Waals surface area contributed by atoms with Crippen molar-refractivity contribution in [2.24, 2.45) is 0 Å². The molecule has 29 heavy (non-hydrogen) atoms. The summed E-state index contributed by atoms with van der Waals surface area (Å²) >= 11 is 1.49. The Kier molecular flexibility index (Phi) is 5.28. The molecule has 4 rings (SSSR count). The molecule has 0 spiro atoms. The zero-order valence-corrected chi connectivity index (χ0v) is 17.6. The maximum absolute atomic E-state index is 12.7. The minimum absolute atomic E-state index is 0.199. The fourth-order valence-electron chi connectivity index (χ4n) is 3.88. The second-order valence-electron chi connectivity index (χ2n) is 7.23. The second-order valence-corrected chi connectivity index (χ2v) is 8.37. The number of ether oxygens (including phenoxy) is 2. The summed E-state index contributed by atoms with van der Waals surface area (Å²) in [7, 11) is 1.63. The van der Waals surface area contributed by atoms with E-state index in [-0.39, 0.29) is 12.4 Å². The first-order valence-corrected chi connectivity index (χ1v) is 10.4. The summed E-state index contributed by atoms with van der Waals surface area (Å²) in [5, 5.41) is 0. The van der Waals surface area contributed by atoms with Gasteiger partial charge < -0.3 is 14.0 Å². The predicted molar refractivity (Wildman–Crippen MR) is 113 cm³/mol. The van der Waals surface area contributed by atoms with Crippen LogP contribution in [-0.2, 0) is 17.6 Å². The quantitative estimate of drug-likeness (QED) is 0.438. The number of benzene rings is 1. The lowest BCUT2D eigenvalue weighted by Gasteiger charge is -2.10. The fourth-order valence-corrected chi connectivity index (χ4v) is 5.03. The largest absolute Gasteiger partial charge is 0.497 e. The highest BCUT2D eigenvalue weighted by Crippen LogP contribution is 2.31. The van der Waals surface area contributed by atoms with Gasteiger partial charge in [0, 0.05) is 27.5 Å². The van der Waals surface area contributed by atoms with Gasteiger partial charge in [-0.1, -0.05) is 0 Å². The second kappa shape index (κ2) is 7.87. The van der Waals surface area contributed by atoms with Gasteiger partial charge in [0.25, 0.3) is 0 Å². The summed E-state index contributed by atoms with van der Waals surface area (Å²) in [6.45, 7) is 3.59. The van der Waals surface area contributed by atoms with Gasteiger partial charge in [0.05, 0.1) is 7.11 Å². The van der Waals surface area contributed by atoms with E-state index in [0.717, 1.165) is 42.1 Å². The average molecular weight is 410 g/mol. The molecule has 1 aromatic carbocycles. The monoisotopic (exact) mass is 409 g/mol. The fraction of sp³-hybridized carbons (Fsp3) is 0.304. The molecule has 1 aliphatic carbocycles. The zero-order valence-electron chi connectivity index (χ0n) is 16.8. The molecule has 0 fully saturated rings. The van der Waals surface area contributed by atoms with Crippen molar-refractivity contribution in [1.29, 1.82) is 0 Å². The SMILES string of the molecule is COc1ccc(-n2c(C)cc(C(=O)COC(=O)c3cc4c(s3)CCC4)c2C)cc1. The van der Waals surface area contributed by atoms with Gasteiger partial charge in [0.1, 0.15) is 10.6 Å². The number of hydrogen-bond acceptors (Lipinski definition) is 5. The van der Waals surface area contributed by atoms with Crippen LogP contribution >= 0.6 is 11.3 Å². The molecule has 0 aliphatic heterocycles. The molecule has 0 saturated heterocycles. The number of aromatic nitrogens is 1. The molecule has 0 N–H and O–H groups in total. The maximum Gasteiger partial charge on any atom is 0.348 e. The summed E-state index contributed by atoms with van der Waals surface area (Å²) in [6.07, 6.45) is 3.21. The van der Waals surface area contributed by atoms with E-state index in [9.17, 15) is 9.59 Å². The molecule has 0 bridgehead atoms. The third-order valence-electron chi connectivity index (χ3n) is 5.34. The first-order chi connectivity index (χ1) is 14.0. The number of thiophene rings is 1.